The number of hydrogen-bond acceptors (Lipinski definition) is 4. The van der Waals surface area contributed by atoms with E-state index in [2.05, 4.69) is 11.8 Å². The molecular formula is C27H25NO5. The molecule has 6 nitrogen and oxygen atoms in total. The highest BCUT2D eigenvalue weighted by molar-refractivity contribution is 5.95. The topological polar surface area (TPSA) is 80.0 Å². The summed E-state index contributed by atoms with van der Waals surface area (Å²) in [4.78, 5) is 25.8. The van der Waals surface area contributed by atoms with Gasteiger partial charge in [-0.2, -0.15) is 0 Å². The minimum absolute atomic E-state index is 0.00200. The number of furan rings is 1. The maximum atomic E-state index is 13.3. The zero-order valence-corrected chi connectivity index (χ0v) is 18.2. The first-order valence-corrected chi connectivity index (χ1v) is 10.9. The molecule has 1 aliphatic rings. The van der Waals surface area contributed by atoms with E-state index in [0.29, 0.717) is 30.9 Å². The quantitative estimate of drug-likeness (QED) is 0.372. The molecule has 0 aliphatic heterocycles. The Morgan fingerprint density at radius 1 is 1.03 bits per heavy atom. The Kier molecular flexibility index (Phi) is 7.11. The van der Waals surface area contributed by atoms with Crippen LogP contribution in [-0.4, -0.2) is 34.5 Å². The van der Waals surface area contributed by atoms with Crippen LogP contribution in [0.5, 0.6) is 5.75 Å². The van der Waals surface area contributed by atoms with Crippen molar-refractivity contribution in [2.75, 3.05) is 6.61 Å². The Balaban J connectivity index is 1.42. The third-order valence-corrected chi connectivity index (χ3v) is 5.35. The van der Waals surface area contributed by atoms with E-state index in [0.717, 1.165) is 29.7 Å². The van der Waals surface area contributed by atoms with Crippen LogP contribution in [0, 0.1) is 11.8 Å². The van der Waals surface area contributed by atoms with Gasteiger partial charge in [0.05, 0.1) is 12.9 Å². The van der Waals surface area contributed by atoms with Gasteiger partial charge in [0.2, 0.25) is 0 Å². The molecule has 1 aromatic heterocycles. The van der Waals surface area contributed by atoms with Crippen LogP contribution in [0.1, 0.15) is 41.6 Å². The first-order valence-electron chi connectivity index (χ1n) is 10.9. The molecule has 33 heavy (non-hydrogen) atoms. The lowest BCUT2D eigenvalue weighted by atomic mass is 10.1. The minimum atomic E-state index is -0.936. The van der Waals surface area contributed by atoms with E-state index in [1.54, 1.807) is 6.26 Å². The molecule has 3 aromatic rings. The summed E-state index contributed by atoms with van der Waals surface area (Å²) in [6.07, 6.45) is 3.90. The van der Waals surface area contributed by atoms with E-state index < -0.39 is 5.97 Å². The van der Waals surface area contributed by atoms with E-state index in [1.165, 1.54) is 0 Å². The van der Waals surface area contributed by atoms with Crippen molar-refractivity contribution in [3.05, 3.63) is 78.1 Å². The second-order valence-electron chi connectivity index (χ2n) is 7.85. The van der Waals surface area contributed by atoms with Crippen molar-refractivity contribution in [2.45, 2.75) is 38.3 Å². The second-order valence-corrected chi connectivity index (χ2v) is 7.85. The molecule has 6 heteroatoms. The van der Waals surface area contributed by atoms with E-state index in [9.17, 15) is 9.59 Å². The van der Waals surface area contributed by atoms with Gasteiger partial charge in [-0.3, -0.25) is 9.59 Å². The smallest absolute Gasteiger partial charge is 0.315 e. The SMILES string of the molecule is O=C(O)CC#CCCOc1ccccc1CN(C(=O)c1ccc(-c2ccco2)cc1)C1CC1. The molecule has 1 heterocycles. The number of carbonyl (C=O) groups is 2. The highest BCUT2D eigenvalue weighted by atomic mass is 16.5. The largest absolute Gasteiger partial charge is 0.492 e. The predicted octanol–water partition coefficient (Wildman–Crippen LogP) is 5.00. The molecule has 1 N–H and O–H groups in total. The van der Waals surface area contributed by atoms with E-state index >= 15 is 0 Å². The molecule has 0 unspecified atom stereocenters. The molecule has 168 valence electrons. The molecule has 2 aromatic carbocycles. The Hall–Kier alpha value is -3.98. The van der Waals surface area contributed by atoms with Crippen LogP contribution in [0.2, 0.25) is 0 Å². The molecule has 0 saturated heterocycles. The maximum absolute atomic E-state index is 13.3. The molecule has 1 fully saturated rings. The predicted molar refractivity (Wildman–Crippen MR) is 124 cm³/mol. The molecule has 0 radical (unpaired) electrons. The van der Waals surface area contributed by atoms with Crippen molar-refractivity contribution in [3.63, 3.8) is 0 Å². The van der Waals surface area contributed by atoms with Crippen LogP contribution < -0.4 is 4.74 Å². The number of carboxylic acid groups (broad SMARTS) is 1. The van der Waals surface area contributed by atoms with Crippen molar-refractivity contribution in [2.24, 2.45) is 0 Å². The van der Waals surface area contributed by atoms with Gasteiger partial charge in [-0.05, 0) is 43.2 Å². The van der Waals surface area contributed by atoms with Gasteiger partial charge in [0.15, 0.2) is 0 Å². The fourth-order valence-electron chi connectivity index (χ4n) is 3.54. The summed E-state index contributed by atoms with van der Waals surface area (Å²) in [6, 6.07) is 19.1. The average Bonchev–Trinajstić information content (AvgIpc) is 3.52. The number of ether oxygens (including phenoxy) is 1. The molecule has 1 saturated carbocycles. The minimum Gasteiger partial charge on any atom is -0.492 e. The maximum Gasteiger partial charge on any atom is 0.315 e. The first kappa shape index (κ1) is 22.2. The summed E-state index contributed by atoms with van der Waals surface area (Å²) < 4.78 is 11.3. The number of carbonyl (C=O) groups excluding carboxylic acids is 1. The lowest BCUT2D eigenvalue weighted by molar-refractivity contribution is -0.135. The number of benzene rings is 2. The van der Waals surface area contributed by atoms with Crippen LogP contribution in [0.25, 0.3) is 11.3 Å². The number of carboxylic acids is 1. The van der Waals surface area contributed by atoms with Gasteiger partial charge in [-0.1, -0.05) is 42.2 Å². The molecule has 0 bridgehead atoms. The van der Waals surface area contributed by atoms with Crippen LogP contribution in [-0.2, 0) is 11.3 Å². The fourth-order valence-corrected chi connectivity index (χ4v) is 3.54. The van der Waals surface area contributed by atoms with Crippen LogP contribution >= 0.6 is 0 Å². The van der Waals surface area contributed by atoms with Gasteiger partial charge < -0.3 is 19.2 Å². The number of aliphatic carboxylic acids is 1. The first-order chi connectivity index (χ1) is 16.1. The highest BCUT2D eigenvalue weighted by Crippen LogP contribution is 2.32. The second kappa shape index (κ2) is 10.6. The summed E-state index contributed by atoms with van der Waals surface area (Å²) in [5, 5.41) is 8.63. The number of para-hydroxylation sites is 1. The molecule has 0 atom stereocenters. The summed E-state index contributed by atoms with van der Waals surface area (Å²) in [5.74, 6) is 5.95. The van der Waals surface area contributed by atoms with Crippen molar-refractivity contribution < 1.29 is 23.8 Å². The standard InChI is InChI=1S/C27H25NO5/c29-26(30)10-2-1-5-17-32-25-8-4-3-7-22(25)19-28(23-15-16-23)27(31)21-13-11-20(12-14-21)24-9-6-18-33-24/h3-4,6-9,11-14,18,23H,5,10,15-17,19H2,(H,29,30). The lowest BCUT2D eigenvalue weighted by Gasteiger charge is -2.24. The van der Waals surface area contributed by atoms with Gasteiger partial charge in [0.1, 0.15) is 17.9 Å². The van der Waals surface area contributed by atoms with Crippen molar-refractivity contribution in [1.29, 1.82) is 0 Å². The lowest BCUT2D eigenvalue weighted by Crippen LogP contribution is -2.32. The number of hydrogen-bond donors (Lipinski definition) is 1. The Morgan fingerprint density at radius 3 is 2.52 bits per heavy atom. The summed E-state index contributed by atoms with van der Waals surface area (Å²) >= 11 is 0. The highest BCUT2D eigenvalue weighted by Gasteiger charge is 2.33. The van der Waals surface area contributed by atoms with Gasteiger partial charge in [-0.25, -0.2) is 0 Å². The number of rotatable bonds is 9. The summed E-state index contributed by atoms with van der Waals surface area (Å²) in [7, 11) is 0. The van der Waals surface area contributed by atoms with Gasteiger partial charge in [-0.15, -0.1) is 0 Å². The Bertz CT molecular complexity index is 1150. The third-order valence-electron chi connectivity index (χ3n) is 5.35. The molecular weight excluding hydrogens is 418 g/mol. The zero-order chi connectivity index (χ0) is 23.0. The van der Waals surface area contributed by atoms with Crippen LogP contribution in [0.15, 0.2) is 71.3 Å². The van der Waals surface area contributed by atoms with Crippen LogP contribution in [0.3, 0.4) is 0 Å². The molecule has 1 aliphatic carbocycles. The van der Waals surface area contributed by atoms with Crippen molar-refractivity contribution >= 4 is 11.9 Å². The van der Waals surface area contributed by atoms with Gasteiger partial charge in [0, 0.05) is 35.7 Å². The monoisotopic (exact) mass is 443 g/mol. The van der Waals surface area contributed by atoms with Crippen LogP contribution in [0.4, 0.5) is 0 Å². The van der Waals surface area contributed by atoms with Gasteiger partial charge in [0.25, 0.3) is 5.91 Å². The molecule has 1 amide bonds. The number of amides is 1. The van der Waals surface area contributed by atoms with Gasteiger partial charge >= 0.3 is 5.97 Å². The third kappa shape index (κ3) is 6.05. The summed E-state index contributed by atoms with van der Waals surface area (Å²) in [6.45, 7) is 0.819. The van der Waals surface area contributed by atoms with E-state index in [1.807, 2.05) is 65.6 Å². The molecule has 0 spiro atoms. The van der Waals surface area contributed by atoms with Crippen molar-refractivity contribution in [1.82, 2.24) is 4.90 Å². The van der Waals surface area contributed by atoms with E-state index in [4.69, 9.17) is 14.3 Å². The van der Waals surface area contributed by atoms with Crippen molar-refractivity contribution in [3.8, 4) is 28.9 Å². The zero-order valence-electron chi connectivity index (χ0n) is 18.2. The number of nitrogens with zero attached hydrogens (tertiary/aromatic N) is 1. The summed E-state index contributed by atoms with van der Waals surface area (Å²) in [5.41, 5.74) is 2.51. The van der Waals surface area contributed by atoms with E-state index in [-0.39, 0.29) is 18.4 Å². The fraction of sp³-hybridized carbons (Fsp3) is 0.259. The molecule has 4 rings (SSSR count). The Morgan fingerprint density at radius 2 is 1.82 bits per heavy atom. The Labute approximate surface area is 192 Å². The average molecular weight is 443 g/mol. The normalized spacial score (nSPS) is 12.5.